The SMILES string of the molecule is O=S(=O)=C1C=CC=C(Cc2ccccc2)[NH+]1[O-]. The average molecular weight is 249 g/mol. The van der Waals surface area contributed by atoms with Gasteiger partial charge in [-0.3, -0.25) is 5.06 Å². The van der Waals surface area contributed by atoms with Crippen molar-refractivity contribution < 1.29 is 13.5 Å². The summed E-state index contributed by atoms with van der Waals surface area (Å²) in [5, 5.41) is 11.4. The molecule has 17 heavy (non-hydrogen) atoms. The Labute approximate surface area is 101 Å². The van der Waals surface area contributed by atoms with Crippen molar-refractivity contribution in [3.05, 3.63) is 65.0 Å². The van der Waals surface area contributed by atoms with Gasteiger partial charge < -0.3 is 5.21 Å². The Morgan fingerprint density at radius 1 is 1.18 bits per heavy atom. The molecule has 1 N–H and O–H groups in total. The van der Waals surface area contributed by atoms with E-state index in [1.807, 2.05) is 30.3 Å². The van der Waals surface area contributed by atoms with E-state index in [0.29, 0.717) is 12.1 Å². The minimum Gasteiger partial charge on any atom is -0.623 e. The molecule has 1 aromatic rings. The van der Waals surface area contributed by atoms with Crippen LogP contribution in [0.15, 0.2) is 54.3 Å². The summed E-state index contributed by atoms with van der Waals surface area (Å²) >= 11 is 0. The summed E-state index contributed by atoms with van der Waals surface area (Å²) < 4.78 is 21.7. The second-order valence-corrected chi connectivity index (χ2v) is 4.55. The van der Waals surface area contributed by atoms with Crippen LogP contribution in [-0.4, -0.2) is 13.4 Å². The first-order valence-corrected chi connectivity index (χ1v) is 6.18. The molecule has 5 heteroatoms. The smallest absolute Gasteiger partial charge is 0.276 e. The van der Waals surface area contributed by atoms with Crippen LogP contribution in [0.1, 0.15) is 5.56 Å². The molecule has 2 rings (SSSR count). The minimum atomic E-state index is -2.47. The van der Waals surface area contributed by atoms with Gasteiger partial charge >= 0.3 is 0 Å². The lowest BCUT2D eigenvalue weighted by Gasteiger charge is -2.24. The zero-order chi connectivity index (χ0) is 12.3. The third-order valence-electron chi connectivity index (χ3n) is 2.48. The number of benzene rings is 1. The van der Waals surface area contributed by atoms with E-state index in [1.165, 1.54) is 6.08 Å². The quantitative estimate of drug-likeness (QED) is 0.596. The molecule has 0 spiro atoms. The maximum atomic E-state index is 11.8. The molecule has 1 heterocycles. The molecule has 1 aliphatic rings. The van der Waals surface area contributed by atoms with Crippen LogP contribution in [0, 0.1) is 5.21 Å². The van der Waals surface area contributed by atoms with Crippen LogP contribution in [0.5, 0.6) is 0 Å². The van der Waals surface area contributed by atoms with Crippen LogP contribution in [0.2, 0.25) is 0 Å². The van der Waals surface area contributed by atoms with E-state index < -0.39 is 15.4 Å². The highest BCUT2D eigenvalue weighted by molar-refractivity contribution is 7.72. The lowest BCUT2D eigenvalue weighted by atomic mass is 10.1. The molecule has 1 atom stereocenters. The fourth-order valence-electron chi connectivity index (χ4n) is 1.65. The highest BCUT2D eigenvalue weighted by atomic mass is 32.2. The van der Waals surface area contributed by atoms with Gasteiger partial charge in [0.15, 0.2) is 0 Å². The largest absolute Gasteiger partial charge is 0.623 e. The van der Waals surface area contributed by atoms with Crippen LogP contribution in [0.25, 0.3) is 0 Å². The molecule has 4 nitrogen and oxygen atoms in total. The maximum absolute atomic E-state index is 11.8. The lowest BCUT2D eigenvalue weighted by molar-refractivity contribution is -0.699. The van der Waals surface area contributed by atoms with Gasteiger partial charge in [0.1, 0.15) is 5.70 Å². The van der Waals surface area contributed by atoms with E-state index in [9.17, 15) is 13.6 Å². The predicted octanol–water partition coefficient (Wildman–Crippen LogP) is 0.0745. The predicted molar refractivity (Wildman–Crippen MR) is 65.6 cm³/mol. The summed E-state index contributed by atoms with van der Waals surface area (Å²) in [5.41, 5.74) is 1.48. The van der Waals surface area contributed by atoms with Gasteiger partial charge in [0.25, 0.3) is 15.3 Å². The van der Waals surface area contributed by atoms with Gasteiger partial charge in [0, 0.05) is 12.5 Å². The molecule has 0 saturated carbocycles. The number of nitrogens with one attached hydrogen (secondary N) is 1. The van der Waals surface area contributed by atoms with E-state index >= 15 is 0 Å². The van der Waals surface area contributed by atoms with Gasteiger partial charge in [-0.1, -0.05) is 30.3 Å². The molecule has 0 bridgehead atoms. The zero-order valence-corrected chi connectivity index (χ0v) is 9.78. The van der Waals surface area contributed by atoms with Gasteiger partial charge in [0.05, 0.1) is 0 Å². The Morgan fingerprint density at radius 3 is 2.53 bits per heavy atom. The number of rotatable bonds is 2. The fourth-order valence-corrected chi connectivity index (χ4v) is 2.12. The molecule has 0 aliphatic carbocycles. The minimum absolute atomic E-state index is 0.168. The number of quaternary nitrogens is 1. The van der Waals surface area contributed by atoms with Gasteiger partial charge in [-0.15, -0.1) is 0 Å². The molecule has 0 amide bonds. The van der Waals surface area contributed by atoms with Gasteiger partial charge in [0.2, 0.25) is 0 Å². The Kier molecular flexibility index (Phi) is 3.53. The van der Waals surface area contributed by atoms with E-state index in [4.69, 9.17) is 0 Å². The Bertz CT molecular complexity index is 592. The first-order chi connectivity index (χ1) is 8.18. The summed E-state index contributed by atoms with van der Waals surface area (Å²) in [6, 6.07) is 9.47. The third-order valence-corrected chi connectivity index (χ3v) is 3.16. The highest BCUT2D eigenvalue weighted by Crippen LogP contribution is 2.05. The molecule has 0 aromatic heterocycles. The Balaban J connectivity index is 2.27. The fraction of sp³-hybridized carbons (Fsp3) is 0.0833. The number of hydrogen-bond acceptors (Lipinski definition) is 3. The summed E-state index contributed by atoms with van der Waals surface area (Å²) in [5.74, 6) is 0. The second kappa shape index (κ2) is 5.09. The van der Waals surface area contributed by atoms with Crippen LogP contribution in [0.3, 0.4) is 0 Å². The molecular formula is C12H11NO3S. The van der Waals surface area contributed by atoms with Crippen LogP contribution in [-0.2, 0) is 16.7 Å². The van der Waals surface area contributed by atoms with Crippen molar-refractivity contribution in [2.24, 2.45) is 0 Å². The molecule has 88 valence electrons. The third kappa shape index (κ3) is 2.71. The van der Waals surface area contributed by atoms with Crippen molar-refractivity contribution in [3.8, 4) is 0 Å². The summed E-state index contributed by atoms with van der Waals surface area (Å²) in [4.78, 5) is -0.168. The van der Waals surface area contributed by atoms with Gasteiger partial charge in [-0.2, -0.15) is 8.42 Å². The van der Waals surface area contributed by atoms with Crippen LogP contribution in [0.4, 0.5) is 0 Å². The average Bonchev–Trinajstić information content (AvgIpc) is 2.33. The standard InChI is InChI=1S/C12H11NO3S/c14-13-11(7-4-8-12(13)17(15)16)9-10-5-2-1-3-6-10/h1-8,13H,9H2. The summed E-state index contributed by atoms with van der Waals surface area (Å²) in [7, 11) is -2.47. The van der Waals surface area contributed by atoms with Crippen molar-refractivity contribution in [1.82, 2.24) is 0 Å². The molecular weight excluding hydrogens is 238 g/mol. The van der Waals surface area contributed by atoms with E-state index in [0.717, 1.165) is 5.56 Å². The number of allylic oxidation sites excluding steroid dienone is 3. The molecule has 0 radical (unpaired) electrons. The number of hydrogen-bond donors (Lipinski definition) is 1. The molecule has 0 fully saturated rings. The van der Waals surface area contributed by atoms with Gasteiger partial charge in [-0.05, 0) is 17.7 Å². The van der Waals surface area contributed by atoms with E-state index in [-0.39, 0.29) is 4.99 Å². The van der Waals surface area contributed by atoms with E-state index in [2.05, 4.69) is 0 Å². The van der Waals surface area contributed by atoms with Crippen molar-refractivity contribution >= 4 is 15.3 Å². The first-order valence-electron chi connectivity index (χ1n) is 5.10. The monoisotopic (exact) mass is 249 g/mol. The normalized spacial score (nSPS) is 19.0. The van der Waals surface area contributed by atoms with Crippen LogP contribution >= 0.6 is 0 Å². The Morgan fingerprint density at radius 2 is 1.88 bits per heavy atom. The lowest BCUT2D eigenvalue weighted by Crippen LogP contribution is -3.08. The topological polar surface area (TPSA) is 61.6 Å². The summed E-state index contributed by atoms with van der Waals surface area (Å²) in [6.45, 7) is 0. The second-order valence-electron chi connectivity index (χ2n) is 3.64. The van der Waals surface area contributed by atoms with Crippen molar-refractivity contribution in [2.75, 3.05) is 0 Å². The van der Waals surface area contributed by atoms with Crippen molar-refractivity contribution in [3.63, 3.8) is 0 Å². The molecule has 1 aliphatic heterocycles. The molecule has 0 saturated heterocycles. The molecule has 1 aromatic carbocycles. The zero-order valence-electron chi connectivity index (χ0n) is 8.96. The van der Waals surface area contributed by atoms with Gasteiger partial charge in [-0.25, -0.2) is 0 Å². The highest BCUT2D eigenvalue weighted by Gasteiger charge is 2.17. The maximum Gasteiger partial charge on any atom is 0.276 e. The molecule has 1 unspecified atom stereocenters. The Hall–Kier alpha value is -1.69. The van der Waals surface area contributed by atoms with Crippen LogP contribution < -0.4 is 5.06 Å². The van der Waals surface area contributed by atoms with Crippen molar-refractivity contribution in [2.45, 2.75) is 6.42 Å². The summed E-state index contributed by atoms with van der Waals surface area (Å²) in [6.07, 6.45) is 5.02. The first kappa shape index (κ1) is 11.8. The number of hydroxylamine groups is 2. The van der Waals surface area contributed by atoms with Crippen molar-refractivity contribution in [1.29, 1.82) is 0 Å². The van der Waals surface area contributed by atoms with E-state index in [1.54, 1.807) is 12.2 Å².